The summed E-state index contributed by atoms with van der Waals surface area (Å²) in [5, 5.41) is 8.13. The predicted molar refractivity (Wildman–Crippen MR) is 198 cm³/mol. The van der Waals surface area contributed by atoms with Gasteiger partial charge in [0, 0.05) is 30.5 Å². The highest BCUT2D eigenvalue weighted by molar-refractivity contribution is 7.91. The summed E-state index contributed by atoms with van der Waals surface area (Å²) in [5.74, 6) is -2.40. The molecule has 0 spiro atoms. The van der Waals surface area contributed by atoms with Crippen LogP contribution in [0.4, 0.5) is 0 Å². The monoisotopic (exact) mass is 760 g/mol. The average Bonchev–Trinajstić information content (AvgIpc) is 4.08. The molecular formula is C39H48N6O8S. The minimum absolute atomic E-state index is 0.0211. The Morgan fingerprint density at radius 2 is 1.72 bits per heavy atom. The number of rotatable bonds is 3. The number of amides is 5. The second-order valence-corrected chi connectivity index (χ2v) is 17.1. The molecule has 5 aliphatic rings. The first-order valence-corrected chi connectivity index (χ1v) is 20.7. The Labute approximate surface area is 315 Å². The molecule has 7 rings (SSSR count). The van der Waals surface area contributed by atoms with Gasteiger partial charge < -0.3 is 25.6 Å². The summed E-state index contributed by atoms with van der Waals surface area (Å²) in [7, 11) is -3.89. The van der Waals surface area contributed by atoms with Gasteiger partial charge in [-0.25, -0.2) is 13.4 Å². The van der Waals surface area contributed by atoms with Crippen molar-refractivity contribution in [2.24, 2.45) is 5.92 Å². The van der Waals surface area contributed by atoms with E-state index in [1.807, 2.05) is 36.4 Å². The van der Waals surface area contributed by atoms with Crippen LogP contribution in [0.1, 0.15) is 94.0 Å². The van der Waals surface area contributed by atoms with Crippen LogP contribution in [0.15, 0.2) is 54.6 Å². The first kappa shape index (κ1) is 37.5. The fraction of sp³-hybridized carbons (Fsp3) is 0.538. The third kappa shape index (κ3) is 8.61. The van der Waals surface area contributed by atoms with Crippen molar-refractivity contribution >= 4 is 39.6 Å². The number of pyridine rings is 1. The van der Waals surface area contributed by atoms with Crippen LogP contribution in [-0.2, 0) is 29.2 Å². The SMILES string of the molecule is O=C1CCCCCOc2cccc(c2)-c2cccc(n2)C(=O)N[C@@H]2C[C@H]3C(=O)NC4(C(=O)NS(=O)(=O)C5CC5)C[C@H]4/C=C\CCCCC[C@H](N1)C(=O)N3C2. The number of hydrogen-bond donors (Lipinski definition) is 4. The van der Waals surface area contributed by atoms with E-state index < -0.39 is 68.5 Å². The second kappa shape index (κ2) is 15.9. The third-order valence-electron chi connectivity index (χ3n) is 11.0. The summed E-state index contributed by atoms with van der Waals surface area (Å²) in [6.45, 7) is 0.434. The van der Waals surface area contributed by atoms with Gasteiger partial charge in [-0.3, -0.25) is 28.7 Å². The molecule has 7 bridgehead atoms. The van der Waals surface area contributed by atoms with Crippen molar-refractivity contribution < 1.29 is 37.1 Å². The molecule has 1 aromatic heterocycles. The first-order valence-electron chi connectivity index (χ1n) is 19.2. The molecule has 1 unspecified atom stereocenters. The average molecular weight is 761 g/mol. The molecule has 3 aliphatic heterocycles. The van der Waals surface area contributed by atoms with Crippen molar-refractivity contribution in [3.8, 4) is 17.0 Å². The molecule has 5 atom stereocenters. The molecule has 2 aliphatic carbocycles. The fourth-order valence-corrected chi connectivity index (χ4v) is 9.02. The molecule has 0 radical (unpaired) electrons. The number of ether oxygens (including phenoxy) is 1. The molecule has 14 nitrogen and oxygen atoms in total. The second-order valence-electron chi connectivity index (χ2n) is 15.1. The number of benzene rings is 1. The van der Waals surface area contributed by atoms with Crippen LogP contribution in [0.2, 0.25) is 0 Å². The molecule has 15 heteroatoms. The minimum atomic E-state index is -3.89. The van der Waals surface area contributed by atoms with Crippen molar-refractivity contribution in [3.63, 3.8) is 0 Å². The van der Waals surface area contributed by atoms with Crippen LogP contribution in [0.25, 0.3) is 11.3 Å². The van der Waals surface area contributed by atoms with Crippen LogP contribution in [0.3, 0.4) is 0 Å². The lowest BCUT2D eigenvalue weighted by Crippen LogP contribution is -2.58. The van der Waals surface area contributed by atoms with Crippen molar-refractivity contribution in [3.05, 3.63) is 60.3 Å². The molecule has 1 aromatic carbocycles. The summed E-state index contributed by atoms with van der Waals surface area (Å²) in [6.07, 6.45) is 10.6. The Morgan fingerprint density at radius 1 is 0.926 bits per heavy atom. The van der Waals surface area contributed by atoms with E-state index in [1.54, 1.807) is 18.2 Å². The summed E-state index contributed by atoms with van der Waals surface area (Å²) in [5.41, 5.74) is -0.0224. The lowest BCUT2D eigenvalue weighted by Gasteiger charge is -2.30. The summed E-state index contributed by atoms with van der Waals surface area (Å²) in [4.78, 5) is 75.3. The van der Waals surface area contributed by atoms with E-state index in [-0.39, 0.29) is 37.4 Å². The summed E-state index contributed by atoms with van der Waals surface area (Å²) >= 11 is 0. The van der Waals surface area contributed by atoms with Gasteiger partial charge in [-0.05, 0) is 88.5 Å². The van der Waals surface area contributed by atoms with Gasteiger partial charge >= 0.3 is 0 Å². The predicted octanol–water partition coefficient (Wildman–Crippen LogP) is 2.89. The Hall–Kier alpha value is -4.79. The van der Waals surface area contributed by atoms with Gasteiger partial charge in [0.05, 0.1) is 17.6 Å². The number of carbonyl (C=O) groups is 5. The standard InChI is InChI=1S/C39H48N6O8S/c46-34-17-7-4-8-20-53-28-13-9-11-25(21-28)30-15-10-16-31(41-30)35(47)40-27-22-33-36(48)43-39(38(50)44-54(51,52)29-18-19-29)23-26(39)12-5-2-1-3-6-14-32(42-34)37(49)45(33)24-27/h5,9-13,15-16,21,26-27,29,32-33H,1-4,6-8,14,17-20,22-24H2,(H,40,47)(H,42,46)(H,43,48)(H,44,50)/b12-5-/t26-,27-,32+,33+,39?/m1/s1. The highest BCUT2D eigenvalue weighted by Crippen LogP contribution is 2.46. The van der Waals surface area contributed by atoms with Crippen molar-refractivity contribution in [1.82, 2.24) is 30.6 Å². The maximum absolute atomic E-state index is 14.4. The van der Waals surface area contributed by atoms with Crippen molar-refractivity contribution in [2.75, 3.05) is 13.2 Å². The zero-order chi connectivity index (χ0) is 37.9. The fourth-order valence-electron chi connectivity index (χ4n) is 7.65. The van der Waals surface area contributed by atoms with Gasteiger partial charge in [-0.15, -0.1) is 0 Å². The molecular weight excluding hydrogens is 713 g/mol. The first-order chi connectivity index (χ1) is 26.0. The Kier molecular flexibility index (Phi) is 11.0. The zero-order valence-electron chi connectivity index (χ0n) is 30.3. The third-order valence-corrected chi connectivity index (χ3v) is 12.8. The lowest BCUT2D eigenvalue weighted by molar-refractivity contribution is -0.142. The van der Waals surface area contributed by atoms with E-state index in [9.17, 15) is 32.4 Å². The molecule has 4 N–H and O–H groups in total. The smallest absolute Gasteiger partial charge is 0.270 e. The van der Waals surface area contributed by atoms with Crippen molar-refractivity contribution in [2.45, 2.75) is 112 Å². The van der Waals surface area contributed by atoms with E-state index in [2.05, 4.69) is 25.7 Å². The number of fused-ring (bicyclic) bond motifs is 8. The number of allylic oxidation sites excluding steroid dienone is 1. The van der Waals surface area contributed by atoms with Crippen LogP contribution < -0.4 is 25.4 Å². The topological polar surface area (TPSA) is 193 Å². The largest absolute Gasteiger partial charge is 0.494 e. The van der Waals surface area contributed by atoms with Gasteiger partial charge in [0.1, 0.15) is 29.1 Å². The zero-order valence-corrected chi connectivity index (χ0v) is 31.1. The van der Waals surface area contributed by atoms with Gasteiger partial charge in [0.2, 0.25) is 27.7 Å². The number of aromatic nitrogens is 1. The number of carbonyl (C=O) groups excluding carboxylic acids is 5. The Morgan fingerprint density at radius 3 is 2.56 bits per heavy atom. The van der Waals surface area contributed by atoms with E-state index in [0.717, 1.165) is 31.2 Å². The number of nitrogens with one attached hydrogen (secondary N) is 4. The van der Waals surface area contributed by atoms with E-state index in [1.165, 1.54) is 4.90 Å². The highest BCUT2D eigenvalue weighted by Gasteiger charge is 2.62. The molecule has 2 saturated carbocycles. The van der Waals surface area contributed by atoms with Gasteiger partial charge in [-0.2, -0.15) is 0 Å². The normalized spacial score (nSPS) is 29.1. The maximum atomic E-state index is 14.4. The number of sulfonamides is 1. The molecule has 288 valence electrons. The van der Waals surface area contributed by atoms with E-state index >= 15 is 0 Å². The van der Waals surface area contributed by atoms with Crippen LogP contribution >= 0.6 is 0 Å². The van der Waals surface area contributed by atoms with Crippen molar-refractivity contribution in [1.29, 1.82) is 0 Å². The Bertz CT molecular complexity index is 1930. The minimum Gasteiger partial charge on any atom is -0.494 e. The van der Waals surface area contributed by atoms with E-state index in [4.69, 9.17) is 4.74 Å². The maximum Gasteiger partial charge on any atom is 0.270 e. The Balaban J connectivity index is 1.19. The summed E-state index contributed by atoms with van der Waals surface area (Å²) in [6, 6.07) is 9.89. The van der Waals surface area contributed by atoms with Crippen LogP contribution in [-0.4, -0.2) is 89.9 Å². The van der Waals surface area contributed by atoms with E-state index in [0.29, 0.717) is 56.6 Å². The highest BCUT2D eigenvalue weighted by atomic mass is 32.2. The quantitative estimate of drug-likeness (QED) is 0.341. The van der Waals surface area contributed by atoms with Gasteiger partial charge in [0.25, 0.3) is 11.8 Å². The number of nitrogens with zero attached hydrogens (tertiary/aromatic N) is 2. The molecule has 5 amide bonds. The molecule has 3 fully saturated rings. The molecule has 54 heavy (non-hydrogen) atoms. The van der Waals surface area contributed by atoms with Gasteiger partial charge in [-0.1, -0.05) is 43.2 Å². The number of hydrogen-bond acceptors (Lipinski definition) is 9. The summed E-state index contributed by atoms with van der Waals surface area (Å²) < 4.78 is 33.8. The molecule has 4 heterocycles. The van der Waals surface area contributed by atoms with Crippen LogP contribution in [0, 0.1) is 5.92 Å². The van der Waals surface area contributed by atoms with Gasteiger partial charge in [0.15, 0.2) is 0 Å². The lowest BCUT2D eigenvalue weighted by atomic mass is 10.0. The van der Waals surface area contributed by atoms with Crippen LogP contribution in [0.5, 0.6) is 5.75 Å². The molecule has 2 aromatic rings. The molecule has 1 saturated heterocycles.